The Morgan fingerprint density at radius 1 is 1.10 bits per heavy atom. The summed E-state index contributed by atoms with van der Waals surface area (Å²) in [7, 11) is 1.69. The van der Waals surface area contributed by atoms with Crippen molar-refractivity contribution in [1.29, 1.82) is 0 Å². The molecule has 0 atom stereocenters. The molecule has 0 saturated heterocycles. The molecule has 1 aromatic carbocycles. The van der Waals surface area contributed by atoms with Crippen molar-refractivity contribution in [2.75, 3.05) is 7.11 Å². The maximum atomic E-state index is 5.19. The summed E-state index contributed by atoms with van der Waals surface area (Å²) in [5.41, 5.74) is 2.71. The fraction of sp³-hybridized carbons (Fsp3) is 0.412. The van der Waals surface area contributed by atoms with Gasteiger partial charge in [0.15, 0.2) is 0 Å². The van der Waals surface area contributed by atoms with E-state index in [0.717, 1.165) is 18.8 Å². The van der Waals surface area contributed by atoms with E-state index in [-0.39, 0.29) is 5.54 Å². The zero-order valence-electron chi connectivity index (χ0n) is 12.8. The molecule has 0 aliphatic heterocycles. The van der Waals surface area contributed by atoms with E-state index in [1.165, 1.54) is 11.3 Å². The van der Waals surface area contributed by atoms with Crippen molar-refractivity contribution in [3.8, 4) is 5.75 Å². The highest BCUT2D eigenvalue weighted by Gasteiger charge is 2.10. The van der Waals surface area contributed by atoms with Gasteiger partial charge in [-0.3, -0.25) is 0 Å². The lowest BCUT2D eigenvalue weighted by atomic mass is 10.1. The molecule has 1 aromatic heterocycles. The average Bonchev–Trinajstić information content (AvgIpc) is 2.84. The highest BCUT2D eigenvalue weighted by atomic mass is 16.5. The number of hydrogen-bond donors (Lipinski definition) is 1. The van der Waals surface area contributed by atoms with Gasteiger partial charge in [0.25, 0.3) is 0 Å². The topological polar surface area (TPSA) is 26.2 Å². The summed E-state index contributed by atoms with van der Waals surface area (Å²) >= 11 is 0. The number of nitrogens with zero attached hydrogens (tertiary/aromatic N) is 1. The minimum Gasteiger partial charge on any atom is -0.497 e. The number of nitrogens with one attached hydrogen (secondary N) is 1. The maximum Gasteiger partial charge on any atom is 0.118 e. The third kappa shape index (κ3) is 4.14. The quantitative estimate of drug-likeness (QED) is 0.902. The van der Waals surface area contributed by atoms with Crippen molar-refractivity contribution in [1.82, 2.24) is 9.88 Å². The van der Waals surface area contributed by atoms with E-state index in [1.54, 1.807) is 7.11 Å². The Hall–Kier alpha value is -1.74. The van der Waals surface area contributed by atoms with E-state index in [2.05, 4.69) is 61.1 Å². The minimum absolute atomic E-state index is 0.134. The van der Waals surface area contributed by atoms with Crippen LogP contribution in [0.4, 0.5) is 0 Å². The molecule has 0 fully saturated rings. The normalized spacial score (nSPS) is 11.6. The van der Waals surface area contributed by atoms with Gasteiger partial charge in [-0.1, -0.05) is 12.1 Å². The van der Waals surface area contributed by atoms with Crippen molar-refractivity contribution in [3.05, 3.63) is 53.9 Å². The molecule has 0 amide bonds. The molecule has 1 N–H and O–H groups in total. The summed E-state index contributed by atoms with van der Waals surface area (Å²) in [6.45, 7) is 8.32. The minimum atomic E-state index is 0.134. The molecule has 0 saturated carbocycles. The van der Waals surface area contributed by atoms with Gasteiger partial charge in [-0.25, -0.2) is 0 Å². The van der Waals surface area contributed by atoms with Crippen LogP contribution in [0.3, 0.4) is 0 Å². The summed E-state index contributed by atoms with van der Waals surface area (Å²) < 4.78 is 7.47. The zero-order chi connectivity index (χ0) is 14.6. The fourth-order valence-corrected chi connectivity index (χ4v) is 2.05. The molecule has 0 unspecified atom stereocenters. The third-order valence-electron chi connectivity index (χ3n) is 3.24. The van der Waals surface area contributed by atoms with Crippen LogP contribution in [0.25, 0.3) is 0 Å². The zero-order valence-corrected chi connectivity index (χ0v) is 12.8. The van der Waals surface area contributed by atoms with Crippen LogP contribution < -0.4 is 10.1 Å². The molecular weight excluding hydrogens is 248 g/mol. The summed E-state index contributed by atoms with van der Waals surface area (Å²) in [6.07, 6.45) is 2.13. The highest BCUT2D eigenvalue weighted by Crippen LogP contribution is 2.14. The summed E-state index contributed by atoms with van der Waals surface area (Å²) in [5.74, 6) is 0.899. The summed E-state index contributed by atoms with van der Waals surface area (Å²) in [5, 5.41) is 3.53. The largest absolute Gasteiger partial charge is 0.497 e. The predicted octanol–water partition coefficient (Wildman–Crippen LogP) is 3.43. The second kappa shape index (κ2) is 6.14. The predicted molar refractivity (Wildman–Crippen MR) is 83.1 cm³/mol. The van der Waals surface area contributed by atoms with Crippen LogP contribution in [0.15, 0.2) is 42.6 Å². The smallest absolute Gasteiger partial charge is 0.118 e. The SMILES string of the molecule is COc1ccc(Cn2cccc2CNC(C)(C)C)cc1. The summed E-state index contributed by atoms with van der Waals surface area (Å²) in [4.78, 5) is 0. The van der Waals surface area contributed by atoms with Gasteiger partial charge in [0, 0.05) is 30.5 Å². The molecule has 20 heavy (non-hydrogen) atoms. The molecule has 0 bridgehead atoms. The first kappa shape index (κ1) is 14.7. The van der Waals surface area contributed by atoms with Crippen molar-refractivity contribution in [2.45, 2.75) is 39.4 Å². The van der Waals surface area contributed by atoms with Crippen LogP contribution >= 0.6 is 0 Å². The van der Waals surface area contributed by atoms with Crippen LogP contribution in [0.5, 0.6) is 5.75 Å². The standard InChI is InChI=1S/C17H24N2O/c1-17(2,3)18-12-15-6-5-11-19(15)13-14-7-9-16(20-4)10-8-14/h5-11,18H,12-13H2,1-4H3. The summed E-state index contributed by atoms with van der Waals surface area (Å²) in [6, 6.07) is 12.5. The molecule has 0 spiro atoms. The number of rotatable bonds is 5. The van der Waals surface area contributed by atoms with Crippen molar-refractivity contribution < 1.29 is 4.74 Å². The Bertz CT molecular complexity index is 535. The Labute approximate surface area is 121 Å². The third-order valence-corrected chi connectivity index (χ3v) is 3.24. The number of benzene rings is 1. The maximum absolute atomic E-state index is 5.19. The fourth-order valence-electron chi connectivity index (χ4n) is 2.05. The van der Waals surface area contributed by atoms with Crippen molar-refractivity contribution in [2.24, 2.45) is 0 Å². The first-order valence-electron chi connectivity index (χ1n) is 7.00. The van der Waals surface area contributed by atoms with Gasteiger partial charge >= 0.3 is 0 Å². The van der Waals surface area contributed by atoms with Crippen LogP contribution in [-0.4, -0.2) is 17.2 Å². The second-order valence-electron chi connectivity index (χ2n) is 6.08. The van der Waals surface area contributed by atoms with Gasteiger partial charge in [-0.05, 0) is 50.6 Å². The lowest BCUT2D eigenvalue weighted by Crippen LogP contribution is -2.35. The number of hydrogen-bond acceptors (Lipinski definition) is 2. The second-order valence-corrected chi connectivity index (χ2v) is 6.08. The van der Waals surface area contributed by atoms with E-state index >= 15 is 0 Å². The lowest BCUT2D eigenvalue weighted by Gasteiger charge is -2.21. The van der Waals surface area contributed by atoms with Crippen molar-refractivity contribution in [3.63, 3.8) is 0 Å². The van der Waals surface area contributed by atoms with Gasteiger partial charge in [0.05, 0.1) is 7.11 Å². The van der Waals surface area contributed by atoms with Crippen LogP contribution in [0.2, 0.25) is 0 Å². The van der Waals surface area contributed by atoms with E-state index in [4.69, 9.17) is 4.74 Å². The highest BCUT2D eigenvalue weighted by molar-refractivity contribution is 5.27. The monoisotopic (exact) mass is 272 g/mol. The van der Waals surface area contributed by atoms with Crippen molar-refractivity contribution >= 4 is 0 Å². The first-order valence-corrected chi connectivity index (χ1v) is 7.00. The molecular formula is C17H24N2O. The molecule has 0 aliphatic carbocycles. The molecule has 2 rings (SSSR count). The molecule has 2 aromatic rings. The molecule has 0 radical (unpaired) electrons. The Morgan fingerprint density at radius 3 is 2.40 bits per heavy atom. The Balaban J connectivity index is 2.04. The molecule has 108 valence electrons. The van der Waals surface area contributed by atoms with Gasteiger partial charge in [-0.15, -0.1) is 0 Å². The molecule has 3 heteroatoms. The van der Waals surface area contributed by atoms with E-state index in [0.29, 0.717) is 0 Å². The van der Waals surface area contributed by atoms with Gasteiger partial charge in [-0.2, -0.15) is 0 Å². The van der Waals surface area contributed by atoms with E-state index in [9.17, 15) is 0 Å². The Kier molecular flexibility index (Phi) is 4.50. The molecule has 3 nitrogen and oxygen atoms in total. The lowest BCUT2D eigenvalue weighted by molar-refractivity contribution is 0.414. The molecule has 1 heterocycles. The number of aromatic nitrogens is 1. The Morgan fingerprint density at radius 2 is 1.80 bits per heavy atom. The first-order chi connectivity index (χ1) is 9.48. The average molecular weight is 272 g/mol. The van der Waals surface area contributed by atoms with E-state index < -0.39 is 0 Å². The molecule has 0 aliphatic rings. The van der Waals surface area contributed by atoms with Crippen LogP contribution in [0, 0.1) is 0 Å². The van der Waals surface area contributed by atoms with Crippen LogP contribution in [0.1, 0.15) is 32.0 Å². The van der Waals surface area contributed by atoms with Gasteiger partial charge in [0.2, 0.25) is 0 Å². The van der Waals surface area contributed by atoms with E-state index in [1.807, 2.05) is 12.1 Å². The van der Waals surface area contributed by atoms with Crippen LogP contribution in [-0.2, 0) is 13.1 Å². The van der Waals surface area contributed by atoms with Gasteiger partial charge < -0.3 is 14.6 Å². The number of ether oxygens (including phenoxy) is 1. The van der Waals surface area contributed by atoms with Gasteiger partial charge in [0.1, 0.15) is 5.75 Å². The number of methoxy groups -OCH3 is 1.